The first-order chi connectivity index (χ1) is 13.5. The monoisotopic (exact) mass is 379 g/mol. The van der Waals surface area contributed by atoms with E-state index in [1.165, 1.54) is 0 Å². The van der Waals surface area contributed by atoms with Gasteiger partial charge in [0.2, 0.25) is 5.89 Å². The molecule has 1 amide bonds. The van der Waals surface area contributed by atoms with Gasteiger partial charge in [-0.2, -0.15) is 4.98 Å². The molecule has 0 spiro atoms. The molecular weight excluding hydrogens is 354 g/mol. The zero-order valence-electron chi connectivity index (χ0n) is 16.7. The van der Waals surface area contributed by atoms with E-state index >= 15 is 0 Å². The van der Waals surface area contributed by atoms with Crippen molar-refractivity contribution >= 4 is 5.91 Å². The molecule has 1 unspecified atom stereocenters. The number of carbonyl (C=O) groups excluding carboxylic acids is 1. The minimum atomic E-state index is -0.361. The summed E-state index contributed by atoms with van der Waals surface area (Å²) in [5.41, 5.74) is 3.58. The molecule has 0 aliphatic heterocycles. The fourth-order valence-corrected chi connectivity index (χ4v) is 2.91. The van der Waals surface area contributed by atoms with Crippen molar-refractivity contribution in [1.82, 2.24) is 25.4 Å². The van der Waals surface area contributed by atoms with E-state index in [-0.39, 0.29) is 11.9 Å². The molecule has 0 saturated carbocycles. The van der Waals surface area contributed by atoms with Crippen LogP contribution in [0.5, 0.6) is 0 Å². The molecule has 1 atom stereocenters. The first kappa shape index (κ1) is 19.7. The Morgan fingerprint density at radius 3 is 2.57 bits per heavy atom. The number of rotatable bonds is 7. The highest BCUT2D eigenvalue weighted by atomic mass is 16.5. The average molecular weight is 379 g/mol. The Bertz CT molecular complexity index is 950. The van der Waals surface area contributed by atoms with Crippen LogP contribution in [0.15, 0.2) is 35.0 Å². The predicted octanol–water partition coefficient (Wildman–Crippen LogP) is 3.84. The highest BCUT2D eigenvalue weighted by molar-refractivity contribution is 5.94. The first-order valence-electron chi connectivity index (χ1n) is 9.58. The number of benzene rings is 1. The summed E-state index contributed by atoms with van der Waals surface area (Å²) in [6, 6.07) is 7.08. The summed E-state index contributed by atoms with van der Waals surface area (Å²) in [6.45, 7) is 7.78. The van der Waals surface area contributed by atoms with Gasteiger partial charge in [-0.25, -0.2) is 9.97 Å². The van der Waals surface area contributed by atoms with Gasteiger partial charge in [-0.15, -0.1) is 0 Å². The van der Waals surface area contributed by atoms with Crippen LogP contribution in [0.25, 0.3) is 11.3 Å². The van der Waals surface area contributed by atoms with Gasteiger partial charge in [0, 0.05) is 23.7 Å². The van der Waals surface area contributed by atoms with Crippen molar-refractivity contribution in [3.05, 3.63) is 59.1 Å². The normalized spacial score (nSPS) is 12.0. The number of hydrogen-bond acceptors (Lipinski definition) is 6. The second kappa shape index (κ2) is 8.73. The third-order valence-corrected chi connectivity index (χ3v) is 4.44. The van der Waals surface area contributed by atoms with E-state index in [1.807, 2.05) is 39.1 Å². The predicted molar refractivity (Wildman–Crippen MR) is 106 cm³/mol. The average Bonchev–Trinajstić information content (AvgIpc) is 3.19. The van der Waals surface area contributed by atoms with E-state index in [0.29, 0.717) is 23.7 Å². The van der Waals surface area contributed by atoms with E-state index in [2.05, 4.69) is 32.3 Å². The minimum Gasteiger partial charge on any atom is -0.341 e. The molecule has 0 saturated heterocycles. The Kier molecular flexibility index (Phi) is 6.13. The Hall–Kier alpha value is -3.09. The van der Waals surface area contributed by atoms with E-state index in [4.69, 9.17) is 4.52 Å². The molecule has 2 heterocycles. The van der Waals surface area contributed by atoms with Gasteiger partial charge in [-0.05, 0) is 38.0 Å². The van der Waals surface area contributed by atoms with Crippen LogP contribution < -0.4 is 5.32 Å². The third-order valence-electron chi connectivity index (χ3n) is 4.44. The molecule has 1 N–H and O–H groups in total. The number of nitrogens with one attached hydrogen (secondary N) is 1. The summed E-state index contributed by atoms with van der Waals surface area (Å²) in [5, 5.41) is 6.75. The van der Waals surface area contributed by atoms with Crippen molar-refractivity contribution in [2.75, 3.05) is 0 Å². The number of nitrogens with zero attached hydrogens (tertiary/aromatic N) is 4. The largest absolute Gasteiger partial charge is 0.341 e. The van der Waals surface area contributed by atoms with Crippen LogP contribution in [0.1, 0.15) is 66.7 Å². The SMILES string of the molecule is CCCc1cnc(C)nc1-c1ccc(C(=O)NC(C)c2nc(CC)no2)cc1. The smallest absolute Gasteiger partial charge is 0.251 e. The molecule has 1 aromatic carbocycles. The van der Waals surface area contributed by atoms with Gasteiger partial charge >= 0.3 is 0 Å². The van der Waals surface area contributed by atoms with Crippen molar-refractivity contribution in [1.29, 1.82) is 0 Å². The van der Waals surface area contributed by atoms with Gasteiger partial charge < -0.3 is 9.84 Å². The Morgan fingerprint density at radius 2 is 1.93 bits per heavy atom. The van der Waals surface area contributed by atoms with Crippen molar-refractivity contribution in [3.63, 3.8) is 0 Å². The van der Waals surface area contributed by atoms with Crippen molar-refractivity contribution < 1.29 is 9.32 Å². The number of aryl methyl sites for hydroxylation is 3. The highest BCUT2D eigenvalue weighted by Crippen LogP contribution is 2.23. The summed E-state index contributed by atoms with van der Waals surface area (Å²) in [6.07, 6.45) is 4.51. The number of aromatic nitrogens is 4. The van der Waals surface area contributed by atoms with Gasteiger partial charge in [-0.3, -0.25) is 4.79 Å². The van der Waals surface area contributed by atoms with Gasteiger partial charge in [0.1, 0.15) is 11.9 Å². The third kappa shape index (κ3) is 4.42. The van der Waals surface area contributed by atoms with Crippen molar-refractivity contribution in [2.45, 2.75) is 53.0 Å². The second-order valence-electron chi connectivity index (χ2n) is 6.72. The Labute approximate surface area is 164 Å². The molecule has 0 aliphatic carbocycles. The van der Waals surface area contributed by atoms with Crippen molar-refractivity contribution in [3.8, 4) is 11.3 Å². The van der Waals surface area contributed by atoms with E-state index in [9.17, 15) is 4.79 Å². The molecular formula is C21H25N5O2. The topological polar surface area (TPSA) is 93.8 Å². The number of hydrogen-bond donors (Lipinski definition) is 1. The summed E-state index contributed by atoms with van der Waals surface area (Å²) >= 11 is 0. The highest BCUT2D eigenvalue weighted by Gasteiger charge is 2.17. The van der Waals surface area contributed by atoms with E-state index in [0.717, 1.165) is 35.5 Å². The lowest BCUT2D eigenvalue weighted by Crippen LogP contribution is -2.26. The van der Waals surface area contributed by atoms with Crippen LogP contribution >= 0.6 is 0 Å². The summed E-state index contributed by atoms with van der Waals surface area (Å²) in [4.78, 5) is 25.7. The molecule has 0 fully saturated rings. The molecule has 7 nitrogen and oxygen atoms in total. The fraction of sp³-hybridized carbons (Fsp3) is 0.381. The number of amides is 1. The van der Waals surface area contributed by atoms with Crippen molar-refractivity contribution in [2.24, 2.45) is 0 Å². The van der Waals surface area contributed by atoms with Crippen LogP contribution in [-0.4, -0.2) is 26.0 Å². The lowest BCUT2D eigenvalue weighted by atomic mass is 10.0. The molecule has 3 aromatic rings. The fourth-order valence-electron chi connectivity index (χ4n) is 2.91. The lowest BCUT2D eigenvalue weighted by molar-refractivity contribution is 0.0932. The molecule has 0 bridgehead atoms. The molecule has 2 aromatic heterocycles. The van der Waals surface area contributed by atoms with Crippen LogP contribution in [-0.2, 0) is 12.8 Å². The molecule has 28 heavy (non-hydrogen) atoms. The van der Waals surface area contributed by atoms with Gasteiger partial charge in [-0.1, -0.05) is 37.6 Å². The zero-order chi connectivity index (χ0) is 20.1. The molecule has 3 rings (SSSR count). The quantitative estimate of drug-likeness (QED) is 0.670. The van der Waals surface area contributed by atoms with Gasteiger partial charge in [0.15, 0.2) is 5.82 Å². The molecule has 7 heteroatoms. The summed E-state index contributed by atoms with van der Waals surface area (Å²) in [7, 11) is 0. The van der Waals surface area contributed by atoms with Crippen LogP contribution in [0.4, 0.5) is 0 Å². The molecule has 0 radical (unpaired) electrons. The lowest BCUT2D eigenvalue weighted by Gasteiger charge is -2.11. The van der Waals surface area contributed by atoms with Crippen LogP contribution in [0.2, 0.25) is 0 Å². The molecule has 146 valence electrons. The minimum absolute atomic E-state index is 0.192. The Morgan fingerprint density at radius 1 is 1.18 bits per heavy atom. The van der Waals surface area contributed by atoms with Crippen LogP contribution in [0, 0.1) is 6.92 Å². The van der Waals surface area contributed by atoms with Gasteiger partial charge in [0.25, 0.3) is 5.91 Å². The molecule has 0 aliphatic rings. The Balaban J connectivity index is 1.75. The zero-order valence-corrected chi connectivity index (χ0v) is 16.7. The van der Waals surface area contributed by atoms with E-state index in [1.54, 1.807) is 12.1 Å². The van der Waals surface area contributed by atoms with Crippen LogP contribution in [0.3, 0.4) is 0 Å². The number of carbonyl (C=O) groups is 1. The van der Waals surface area contributed by atoms with E-state index < -0.39 is 0 Å². The summed E-state index contributed by atoms with van der Waals surface area (Å²) in [5.74, 6) is 1.57. The maximum absolute atomic E-state index is 12.5. The second-order valence-corrected chi connectivity index (χ2v) is 6.72. The maximum Gasteiger partial charge on any atom is 0.251 e. The first-order valence-corrected chi connectivity index (χ1v) is 9.58. The standard InChI is InChI=1S/C21H25N5O2/c1-5-7-17-12-22-14(4)24-19(17)15-8-10-16(11-9-15)20(27)23-13(3)21-25-18(6-2)26-28-21/h8-13H,5-7H2,1-4H3,(H,23,27). The summed E-state index contributed by atoms with van der Waals surface area (Å²) < 4.78 is 5.19. The maximum atomic E-state index is 12.5. The van der Waals surface area contributed by atoms with Gasteiger partial charge in [0.05, 0.1) is 5.69 Å².